The summed E-state index contributed by atoms with van der Waals surface area (Å²) in [5.74, 6) is 0. The van der Waals surface area contributed by atoms with E-state index in [0.717, 1.165) is 36.7 Å². The van der Waals surface area contributed by atoms with Crippen LogP contribution in [-0.4, -0.2) is 34.2 Å². The zero-order chi connectivity index (χ0) is 14.8. The second-order valence-electron chi connectivity index (χ2n) is 5.29. The van der Waals surface area contributed by atoms with Crippen molar-refractivity contribution in [1.29, 1.82) is 0 Å². The summed E-state index contributed by atoms with van der Waals surface area (Å²) in [6.07, 6.45) is 4.19. The van der Waals surface area contributed by atoms with Crippen LogP contribution in [0.5, 0.6) is 0 Å². The minimum atomic E-state index is -0.391. The monoisotopic (exact) mass is 287 g/mol. The van der Waals surface area contributed by atoms with Crippen LogP contribution in [0.15, 0.2) is 30.5 Å². The number of nitro groups is 1. The first-order valence-electron chi connectivity index (χ1n) is 7.12. The van der Waals surface area contributed by atoms with Crippen molar-refractivity contribution in [3.8, 4) is 0 Å². The number of para-hydroxylation sites is 1. The Morgan fingerprint density at radius 2 is 2.19 bits per heavy atom. The van der Waals surface area contributed by atoms with Crippen LogP contribution >= 0.6 is 0 Å². The van der Waals surface area contributed by atoms with E-state index in [2.05, 4.69) is 4.98 Å². The third-order valence-electron chi connectivity index (χ3n) is 4.05. The molecule has 21 heavy (non-hydrogen) atoms. The molecule has 0 bridgehead atoms. The van der Waals surface area contributed by atoms with Gasteiger partial charge < -0.3 is 10.0 Å². The first-order chi connectivity index (χ1) is 10.2. The molecule has 1 aliphatic heterocycles. The smallest absolute Gasteiger partial charge is 0.311 e. The Balaban J connectivity index is 2.22. The van der Waals surface area contributed by atoms with E-state index in [0.29, 0.717) is 5.69 Å². The minimum absolute atomic E-state index is 0.00774. The Morgan fingerprint density at radius 3 is 2.95 bits per heavy atom. The van der Waals surface area contributed by atoms with E-state index >= 15 is 0 Å². The molecule has 1 aromatic carbocycles. The highest BCUT2D eigenvalue weighted by Gasteiger charge is 2.29. The number of aliphatic hydroxyl groups excluding tert-OH is 1. The highest BCUT2D eigenvalue weighted by Crippen LogP contribution is 2.37. The van der Waals surface area contributed by atoms with Crippen molar-refractivity contribution in [3.63, 3.8) is 0 Å². The van der Waals surface area contributed by atoms with E-state index in [-0.39, 0.29) is 18.3 Å². The average molecular weight is 287 g/mol. The average Bonchev–Trinajstić information content (AvgIpc) is 2.53. The lowest BCUT2D eigenvalue weighted by Gasteiger charge is -2.36. The Labute approximate surface area is 122 Å². The molecule has 0 radical (unpaired) electrons. The highest BCUT2D eigenvalue weighted by molar-refractivity contribution is 5.96. The lowest BCUT2D eigenvalue weighted by molar-refractivity contribution is -0.384. The summed E-state index contributed by atoms with van der Waals surface area (Å²) in [4.78, 5) is 17.1. The number of hydrogen-bond donors (Lipinski definition) is 1. The fourth-order valence-corrected chi connectivity index (χ4v) is 3.04. The van der Waals surface area contributed by atoms with Crippen LogP contribution < -0.4 is 4.90 Å². The largest absolute Gasteiger partial charge is 0.394 e. The fraction of sp³-hybridized carbons (Fsp3) is 0.400. The molecule has 0 saturated carbocycles. The van der Waals surface area contributed by atoms with Crippen LogP contribution in [-0.2, 0) is 0 Å². The van der Waals surface area contributed by atoms with E-state index < -0.39 is 4.92 Å². The number of anilines is 1. The predicted octanol–water partition coefficient (Wildman–Crippen LogP) is 2.49. The van der Waals surface area contributed by atoms with Gasteiger partial charge in [-0.15, -0.1) is 0 Å². The van der Waals surface area contributed by atoms with Crippen LogP contribution in [0.4, 0.5) is 11.4 Å². The van der Waals surface area contributed by atoms with Crippen molar-refractivity contribution < 1.29 is 10.0 Å². The lowest BCUT2D eigenvalue weighted by atomic mass is 10.0. The van der Waals surface area contributed by atoms with Crippen LogP contribution in [0.3, 0.4) is 0 Å². The summed E-state index contributed by atoms with van der Waals surface area (Å²) < 4.78 is 0. The van der Waals surface area contributed by atoms with Gasteiger partial charge in [0.15, 0.2) is 0 Å². The molecule has 1 aromatic heterocycles. The molecule has 2 aromatic rings. The maximum Gasteiger partial charge on any atom is 0.311 e. The number of hydrogen-bond acceptors (Lipinski definition) is 5. The standard InChI is InChI=1S/C15H17N3O3/c19-10-11-5-3-4-8-17(11)15-12-6-1-2-7-13(12)16-9-14(15)18(20)21/h1-2,6-7,9,11,19H,3-5,8,10H2. The fourth-order valence-electron chi connectivity index (χ4n) is 3.04. The van der Waals surface area contributed by atoms with Gasteiger partial charge in [-0.3, -0.25) is 10.1 Å². The maximum atomic E-state index is 11.4. The molecule has 6 heteroatoms. The molecule has 0 amide bonds. The first kappa shape index (κ1) is 13.8. The zero-order valence-corrected chi connectivity index (χ0v) is 11.6. The number of benzene rings is 1. The second kappa shape index (κ2) is 5.65. The molecule has 6 nitrogen and oxygen atoms in total. The molecule has 1 aliphatic rings. The molecule has 0 spiro atoms. The third kappa shape index (κ3) is 2.42. The molecule has 3 rings (SSSR count). The summed E-state index contributed by atoms with van der Waals surface area (Å²) in [7, 11) is 0. The molecular weight excluding hydrogens is 270 g/mol. The SMILES string of the molecule is O=[N+]([O-])c1cnc2ccccc2c1N1CCCCC1CO. The highest BCUT2D eigenvalue weighted by atomic mass is 16.6. The van der Waals surface area contributed by atoms with Gasteiger partial charge in [0.05, 0.1) is 23.1 Å². The quantitative estimate of drug-likeness (QED) is 0.693. The van der Waals surface area contributed by atoms with Gasteiger partial charge in [-0.05, 0) is 25.3 Å². The van der Waals surface area contributed by atoms with E-state index in [9.17, 15) is 15.2 Å². The van der Waals surface area contributed by atoms with Crippen molar-refractivity contribution in [2.75, 3.05) is 18.1 Å². The third-order valence-corrected chi connectivity index (χ3v) is 4.05. The summed E-state index contributed by atoms with van der Waals surface area (Å²) >= 11 is 0. The number of aromatic nitrogens is 1. The Hall–Kier alpha value is -2.21. The van der Waals surface area contributed by atoms with Gasteiger partial charge in [0.1, 0.15) is 11.9 Å². The first-order valence-corrected chi connectivity index (χ1v) is 7.12. The number of rotatable bonds is 3. The van der Waals surface area contributed by atoms with Crippen molar-refractivity contribution in [2.45, 2.75) is 25.3 Å². The van der Waals surface area contributed by atoms with Gasteiger partial charge in [-0.2, -0.15) is 0 Å². The molecule has 1 fully saturated rings. The molecular formula is C15H17N3O3. The van der Waals surface area contributed by atoms with Crippen LogP contribution in [0.2, 0.25) is 0 Å². The van der Waals surface area contributed by atoms with Gasteiger partial charge in [0.2, 0.25) is 0 Å². The number of pyridine rings is 1. The van der Waals surface area contributed by atoms with Gasteiger partial charge in [0, 0.05) is 11.9 Å². The van der Waals surface area contributed by atoms with E-state index in [1.807, 2.05) is 29.2 Å². The summed E-state index contributed by atoms with van der Waals surface area (Å²) in [6, 6.07) is 7.36. The van der Waals surface area contributed by atoms with Gasteiger partial charge >= 0.3 is 5.69 Å². The van der Waals surface area contributed by atoms with Crippen molar-refractivity contribution in [1.82, 2.24) is 4.98 Å². The van der Waals surface area contributed by atoms with Crippen molar-refractivity contribution in [2.24, 2.45) is 0 Å². The van der Waals surface area contributed by atoms with E-state index in [1.165, 1.54) is 6.20 Å². The normalized spacial score (nSPS) is 18.9. The molecule has 1 N–H and O–H groups in total. The summed E-state index contributed by atoms with van der Waals surface area (Å²) in [5.41, 5.74) is 1.33. The number of piperidine rings is 1. The molecule has 110 valence electrons. The summed E-state index contributed by atoms with van der Waals surface area (Å²) in [6.45, 7) is 0.730. The topological polar surface area (TPSA) is 79.5 Å². The Kier molecular flexibility index (Phi) is 3.70. The predicted molar refractivity (Wildman–Crippen MR) is 80.5 cm³/mol. The van der Waals surface area contributed by atoms with Crippen LogP contribution in [0, 0.1) is 10.1 Å². The Morgan fingerprint density at radius 1 is 1.38 bits per heavy atom. The Bertz CT molecular complexity index is 674. The molecule has 0 aliphatic carbocycles. The van der Waals surface area contributed by atoms with Crippen LogP contribution in [0.25, 0.3) is 10.9 Å². The zero-order valence-electron chi connectivity index (χ0n) is 11.6. The van der Waals surface area contributed by atoms with E-state index in [1.54, 1.807) is 0 Å². The number of aliphatic hydroxyl groups is 1. The second-order valence-corrected chi connectivity index (χ2v) is 5.29. The van der Waals surface area contributed by atoms with Crippen molar-refractivity contribution in [3.05, 3.63) is 40.6 Å². The number of fused-ring (bicyclic) bond motifs is 1. The molecule has 1 atom stereocenters. The number of nitrogens with zero attached hydrogens (tertiary/aromatic N) is 3. The summed E-state index contributed by atoms with van der Waals surface area (Å²) in [5, 5.41) is 21.7. The van der Waals surface area contributed by atoms with E-state index in [4.69, 9.17) is 0 Å². The van der Waals surface area contributed by atoms with Crippen molar-refractivity contribution >= 4 is 22.3 Å². The van der Waals surface area contributed by atoms with Gasteiger partial charge in [-0.1, -0.05) is 18.2 Å². The van der Waals surface area contributed by atoms with Crippen LogP contribution in [0.1, 0.15) is 19.3 Å². The molecule has 1 unspecified atom stereocenters. The van der Waals surface area contributed by atoms with Gasteiger partial charge in [0.25, 0.3) is 0 Å². The molecule has 1 saturated heterocycles. The lowest BCUT2D eigenvalue weighted by Crippen LogP contribution is -2.42. The van der Waals surface area contributed by atoms with Gasteiger partial charge in [-0.25, -0.2) is 4.98 Å². The minimum Gasteiger partial charge on any atom is -0.394 e. The molecule has 2 heterocycles. The maximum absolute atomic E-state index is 11.4.